The molecule has 2 aromatic rings. The van der Waals surface area contributed by atoms with E-state index in [1.807, 2.05) is 13.8 Å². The van der Waals surface area contributed by atoms with Crippen molar-refractivity contribution in [1.82, 2.24) is 19.5 Å². The first-order valence-electron chi connectivity index (χ1n) is 6.27. The molecule has 102 valence electrons. The van der Waals surface area contributed by atoms with Crippen LogP contribution in [0.5, 0.6) is 0 Å². The molecule has 0 fully saturated rings. The second-order valence-electron chi connectivity index (χ2n) is 4.91. The minimum Gasteiger partial charge on any atom is -0.392 e. The molecule has 19 heavy (non-hydrogen) atoms. The summed E-state index contributed by atoms with van der Waals surface area (Å²) in [6.45, 7) is 5.84. The number of carbonyl (C=O) groups is 1. The molecule has 6 nitrogen and oxygen atoms in total. The van der Waals surface area contributed by atoms with E-state index in [4.69, 9.17) is 0 Å². The van der Waals surface area contributed by atoms with Gasteiger partial charge in [-0.05, 0) is 32.9 Å². The van der Waals surface area contributed by atoms with Crippen LogP contribution in [0.4, 0.5) is 0 Å². The Hall–Kier alpha value is -1.95. The van der Waals surface area contributed by atoms with Crippen molar-refractivity contribution in [3.8, 4) is 0 Å². The lowest BCUT2D eigenvalue weighted by molar-refractivity contribution is 0.0578. The lowest BCUT2D eigenvalue weighted by Crippen LogP contribution is -2.41. The molecule has 0 aliphatic heterocycles. The number of aliphatic hydroxyl groups is 1. The van der Waals surface area contributed by atoms with Crippen molar-refractivity contribution in [3.63, 3.8) is 0 Å². The van der Waals surface area contributed by atoms with Crippen LogP contribution in [0.3, 0.4) is 0 Å². The number of hydrogen-bond donors (Lipinski definition) is 1. The van der Waals surface area contributed by atoms with E-state index >= 15 is 0 Å². The second-order valence-corrected chi connectivity index (χ2v) is 4.91. The van der Waals surface area contributed by atoms with Crippen LogP contribution in [-0.2, 0) is 0 Å². The van der Waals surface area contributed by atoms with Crippen LogP contribution in [0.2, 0.25) is 0 Å². The van der Waals surface area contributed by atoms with Gasteiger partial charge in [0, 0.05) is 18.8 Å². The van der Waals surface area contributed by atoms with Gasteiger partial charge in [0.15, 0.2) is 5.65 Å². The summed E-state index contributed by atoms with van der Waals surface area (Å²) in [7, 11) is 0. The number of aromatic nitrogens is 3. The van der Waals surface area contributed by atoms with Gasteiger partial charge >= 0.3 is 0 Å². The highest BCUT2D eigenvalue weighted by Gasteiger charge is 2.20. The Morgan fingerprint density at radius 3 is 2.79 bits per heavy atom. The maximum absolute atomic E-state index is 12.4. The Morgan fingerprint density at radius 2 is 2.16 bits per heavy atom. The first-order chi connectivity index (χ1) is 8.99. The summed E-state index contributed by atoms with van der Waals surface area (Å²) >= 11 is 0. The van der Waals surface area contributed by atoms with Crippen LogP contribution >= 0.6 is 0 Å². The average molecular weight is 262 g/mol. The van der Waals surface area contributed by atoms with Crippen molar-refractivity contribution in [3.05, 3.63) is 30.2 Å². The molecular weight excluding hydrogens is 244 g/mol. The average Bonchev–Trinajstić information content (AvgIpc) is 2.81. The second kappa shape index (κ2) is 5.36. The van der Waals surface area contributed by atoms with Crippen molar-refractivity contribution < 1.29 is 9.90 Å². The van der Waals surface area contributed by atoms with Gasteiger partial charge < -0.3 is 10.0 Å². The number of rotatable bonds is 4. The predicted octanol–water partition coefficient (Wildman–Crippen LogP) is 0.961. The van der Waals surface area contributed by atoms with E-state index in [2.05, 4.69) is 10.2 Å². The van der Waals surface area contributed by atoms with Gasteiger partial charge in [-0.2, -0.15) is 0 Å². The van der Waals surface area contributed by atoms with Gasteiger partial charge in [0.25, 0.3) is 5.91 Å². The van der Waals surface area contributed by atoms with Gasteiger partial charge in [-0.25, -0.2) is 0 Å². The van der Waals surface area contributed by atoms with Gasteiger partial charge in [-0.3, -0.25) is 9.20 Å². The summed E-state index contributed by atoms with van der Waals surface area (Å²) in [6.07, 6.45) is 2.71. The molecule has 0 aliphatic rings. The van der Waals surface area contributed by atoms with Gasteiger partial charge in [0.05, 0.1) is 11.7 Å². The van der Waals surface area contributed by atoms with Gasteiger partial charge in [-0.1, -0.05) is 0 Å². The van der Waals surface area contributed by atoms with E-state index in [1.165, 1.54) is 0 Å². The molecule has 0 spiro atoms. The van der Waals surface area contributed by atoms with Crippen molar-refractivity contribution in [2.75, 3.05) is 6.54 Å². The number of pyridine rings is 1. The minimum atomic E-state index is -0.551. The van der Waals surface area contributed by atoms with E-state index in [0.717, 1.165) is 0 Å². The SMILES string of the molecule is CC(O)CN(C(=O)c1ccc2nncn2c1)C(C)C. The van der Waals surface area contributed by atoms with Crippen molar-refractivity contribution in [1.29, 1.82) is 0 Å². The zero-order valence-electron chi connectivity index (χ0n) is 11.3. The lowest BCUT2D eigenvalue weighted by Gasteiger charge is -2.28. The topological polar surface area (TPSA) is 70.7 Å². The van der Waals surface area contributed by atoms with Crippen molar-refractivity contribution >= 4 is 11.6 Å². The highest BCUT2D eigenvalue weighted by Crippen LogP contribution is 2.10. The molecule has 0 saturated heterocycles. The Kier molecular flexibility index (Phi) is 3.80. The maximum atomic E-state index is 12.4. The first-order valence-corrected chi connectivity index (χ1v) is 6.27. The van der Waals surface area contributed by atoms with Gasteiger partial charge in [-0.15, -0.1) is 10.2 Å². The van der Waals surface area contributed by atoms with Crippen LogP contribution < -0.4 is 0 Å². The predicted molar refractivity (Wildman–Crippen MR) is 70.8 cm³/mol. The number of carbonyl (C=O) groups excluding carboxylic acids is 1. The van der Waals surface area contributed by atoms with E-state index < -0.39 is 6.10 Å². The number of hydrogen-bond acceptors (Lipinski definition) is 4. The highest BCUT2D eigenvalue weighted by atomic mass is 16.3. The molecular formula is C13H18N4O2. The molecule has 0 aliphatic carbocycles. The Morgan fingerprint density at radius 1 is 1.42 bits per heavy atom. The molecule has 1 unspecified atom stereocenters. The molecule has 2 aromatic heterocycles. The number of nitrogens with zero attached hydrogens (tertiary/aromatic N) is 4. The standard InChI is InChI=1S/C13H18N4O2/c1-9(2)17(6-10(3)18)13(19)11-4-5-12-15-14-8-16(12)7-11/h4-5,7-10,18H,6H2,1-3H3. The Labute approximate surface area is 111 Å². The van der Waals surface area contributed by atoms with Crippen LogP contribution in [0.15, 0.2) is 24.7 Å². The molecule has 0 radical (unpaired) electrons. The lowest BCUT2D eigenvalue weighted by atomic mass is 10.2. The third kappa shape index (κ3) is 2.90. The molecule has 2 heterocycles. The molecule has 1 N–H and O–H groups in total. The van der Waals surface area contributed by atoms with E-state index in [9.17, 15) is 9.90 Å². The molecule has 2 rings (SSSR count). The fourth-order valence-electron chi connectivity index (χ4n) is 1.93. The summed E-state index contributed by atoms with van der Waals surface area (Å²) in [5, 5.41) is 17.2. The minimum absolute atomic E-state index is 0.0266. The molecule has 1 amide bonds. The van der Waals surface area contributed by atoms with Crippen molar-refractivity contribution in [2.45, 2.75) is 32.9 Å². The first kappa shape index (κ1) is 13.5. The third-order valence-corrected chi connectivity index (χ3v) is 2.88. The summed E-state index contributed by atoms with van der Waals surface area (Å²) in [5.74, 6) is -0.105. The monoisotopic (exact) mass is 262 g/mol. The maximum Gasteiger partial charge on any atom is 0.255 e. The molecule has 0 bridgehead atoms. The van der Waals surface area contributed by atoms with E-state index in [0.29, 0.717) is 17.8 Å². The summed E-state index contributed by atoms with van der Waals surface area (Å²) in [6, 6.07) is 3.50. The van der Waals surface area contributed by atoms with Crippen molar-refractivity contribution in [2.24, 2.45) is 0 Å². The smallest absolute Gasteiger partial charge is 0.255 e. The number of amides is 1. The fraction of sp³-hybridized carbons (Fsp3) is 0.462. The molecule has 0 saturated carbocycles. The Balaban J connectivity index is 2.29. The highest BCUT2D eigenvalue weighted by molar-refractivity contribution is 5.94. The molecule has 1 atom stereocenters. The quantitative estimate of drug-likeness (QED) is 0.891. The number of fused-ring (bicyclic) bond motifs is 1. The summed E-state index contributed by atoms with van der Waals surface area (Å²) in [5.41, 5.74) is 1.25. The Bertz CT molecular complexity index is 577. The van der Waals surface area contributed by atoms with E-state index in [1.54, 1.807) is 40.9 Å². The number of aliphatic hydroxyl groups excluding tert-OH is 1. The largest absolute Gasteiger partial charge is 0.392 e. The summed E-state index contributed by atoms with van der Waals surface area (Å²) in [4.78, 5) is 14.1. The van der Waals surface area contributed by atoms with Crippen LogP contribution in [0.25, 0.3) is 5.65 Å². The van der Waals surface area contributed by atoms with E-state index in [-0.39, 0.29) is 11.9 Å². The third-order valence-electron chi connectivity index (χ3n) is 2.88. The normalized spacial score (nSPS) is 12.9. The van der Waals surface area contributed by atoms with Gasteiger partial charge in [0.1, 0.15) is 6.33 Å². The summed E-state index contributed by atoms with van der Waals surface area (Å²) < 4.78 is 1.70. The van der Waals surface area contributed by atoms with Gasteiger partial charge in [0.2, 0.25) is 0 Å². The fourth-order valence-corrected chi connectivity index (χ4v) is 1.93. The molecule has 6 heteroatoms. The zero-order chi connectivity index (χ0) is 14.0. The van der Waals surface area contributed by atoms with Crippen LogP contribution in [0.1, 0.15) is 31.1 Å². The molecule has 0 aromatic carbocycles. The zero-order valence-corrected chi connectivity index (χ0v) is 11.3. The van der Waals surface area contributed by atoms with Crippen LogP contribution in [0, 0.1) is 0 Å². The van der Waals surface area contributed by atoms with Crippen LogP contribution in [-0.4, -0.2) is 49.2 Å².